The Kier molecular flexibility index (Phi) is 4.88. The molecule has 0 saturated carbocycles. The summed E-state index contributed by atoms with van der Waals surface area (Å²) in [5.41, 5.74) is 1.69. The fourth-order valence-electron chi connectivity index (χ4n) is 3.57. The van der Waals surface area contributed by atoms with Crippen LogP contribution in [-0.4, -0.2) is 0 Å². The van der Waals surface area contributed by atoms with Gasteiger partial charge in [-0.25, -0.2) is 0 Å². The third kappa shape index (κ3) is 3.92. The normalized spacial score (nSPS) is 11.4. The average Bonchev–Trinajstić information content (AvgIpc) is 2.71. The molecule has 0 saturated heterocycles. The third-order valence-electron chi connectivity index (χ3n) is 5.21. The minimum atomic E-state index is 0.293. The second-order valence-corrected chi connectivity index (χ2v) is 8.36. The van der Waals surface area contributed by atoms with E-state index in [1.807, 2.05) is 0 Å². The van der Waals surface area contributed by atoms with Gasteiger partial charge in [-0.05, 0) is 67.6 Å². The summed E-state index contributed by atoms with van der Waals surface area (Å²) in [7, 11) is 0. The van der Waals surface area contributed by atoms with E-state index in [0.29, 0.717) is 5.41 Å². The predicted molar refractivity (Wildman–Crippen MR) is 124 cm³/mol. The van der Waals surface area contributed by atoms with E-state index in [-0.39, 0.29) is 0 Å². The second-order valence-electron chi connectivity index (χ2n) is 8.36. The number of hydrogen-bond donors (Lipinski definition) is 0. The maximum atomic E-state index is 2.27. The van der Waals surface area contributed by atoms with Crippen molar-refractivity contribution in [2.75, 3.05) is 0 Å². The summed E-state index contributed by atoms with van der Waals surface area (Å²) < 4.78 is 0. The van der Waals surface area contributed by atoms with Crippen molar-refractivity contribution in [2.24, 2.45) is 0 Å². The molecule has 0 nitrogen and oxygen atoms in total. The van der Waals surface area contributed by atoms with Crippen LogP contribution in [0.25, 0.3) is 32.3 Å². The first-order chi connectivity index (χ1) is 13.5. The summed E-state index contributed by atoms with van der Waals surface area (Å²) in [6, 6.07) is 36.7. The topological polar surface area (TPSA) is 0 Å². The Balaban J connectivity index is 0.000000165. The van der Waals surface area contributed by atoms with Gasteiger partial charge in [-0.3, -0.25) is 0 Å². The smallest absolute Gasteiger partial charge is 0.0132 e. The number of benzene rings is 5. The minimum Gasteiger partial charge on any atom is -0.0622 e. The van der Waals surface area contributed by atoms with E-state index in [2.05, 4.69) is 124 Å². The van der Waals surface area contributed by atoms with E-state index < -0.39 is 0 Å². The van der Waals surface area contributed by atoms with Gasteiger partial charge in [-0.15, -0.1) is 0 Å². The predicted octanol–water partition coefficient (Wildman–Crippen LogP) is 8.13. The van der Waals surface area contributed by atoms with Crippen molar-refractivity contribution in [1.29, 1.82) is 0 Å². The van der Waals surface area contributed by atoms with Gasteiger partial charge >= 0.3 is 0 Å². The molecule has 0 amide bonds. The average molecular weight is 363 g/mol. The number of rotatable bonds is 0. The van der Waals surface area contributed by atoms with Gasteiger partial charge in [0.25, 0.3) is 0 Å². The molecule has 0 fully saturated rings. The highest BCUT2D eigenvalue weighted by atomic mass is 14.2. The lowest BCUT2D eigenvalue weighted by molar-refractivity contribution is 0.590. The highest BCUT2D eigenvalue weighted by Crippen LogP contribution is 2.27. The molecule has 0 aliphatic carbocycles. The van der Waals surface area contributed by atoms with Gasteiger partial charge in [-0.1, -0.05) is 99.6 Å². The number of hydrogen-bond acceptors (Lipinski definition) is 0. The molecule has 0 spiro atoms. The molecule has 0 heterocycles. The van der Waals surface area contributed by atoms with Crippen LogP contribution in [0, 0.1) is 0 Å². The van der Waals surface area contributed by atoms with Crippen LogP contribution in [0.1, 0.15) is 26.3 Å². The van der Waals surface area contributed by atoms with Crippen LogP contribution < -0.4 is 0 Å². The summed E-state index contributed by atoms with van der Waals surface area (Å²) in [5.74, 6) is 0. The molecule has 0 aliphatic heterocycles. The van der Waals surface area contributed by atoms with Gasteiger partial charge in [0.2, 0.25) is 0 Å². The molecule has 0 heteroatoms. The molecule has 0 bridgehead atoms. The zero-order chi connectivity index (χ0) is 19.6. The Bertz CT molecular complexity index is 1080. The molecule has 28 heavy (non-hydrogen) atoms. The monoisotopic (exact) mass is 362 g/mol. The Morgan fingerprint density at radius 3 is 1.00 bits per heavy atom. The maximum absolute atomic E-state index is 2.27. The molecule has 0 atom stereocenters. The van der Waals surface area contributed by atoms with E-state index in [4.69, 9.17) is 0 Å². The molecule has 0 unspecified atom stereocenters. The molecule has 0 N–H and O–H groups in total. The fourth-order valence-corrected chi connectivity index (χ4v) is 3.57. The zero-order valence-electron chi connectivity index (χ0n) is 16.8. The van der Waals surface area contributed by atoms with Crippen molar-refractivity contribution in [1.82, 2.24) is 0 Å². The third-order valence-corrected chi connectivity index (χ3v) is 5.21. The molecular weight excluding hydrogens is 336 g/mol. The van der Waals surface area contributed by atoms with Crippen molar-refractivity contribution >= 4 is 32.3 Å². The SMILES string of the molecule is CC(C)(C)c1ccccc1.c1ccc2cc3cc4ccccc4cc3cc2c1. The lowest BCUT2D eigenvalue weighted by Crippen LogP contribution is -2.10. The van der Waals surface area contributed by atoms with Crippen LogP contribution in [0.15, 0.2) is 103 Å². The Morgan fingerprint density at radius 2 is 0.714 bits per heavy atom. The van der Waals surface area contributed by atoms with Crippen molar-refractivity contribution in [3.05, 3.63) is 109 Å². The molecule has 5 rings (SSSR count). The van der Waals surface area contributed by atoms with E-state index in [1.165, 1.54) is 37.9 Å². The van der Waals surface area contributed by atoms with Crippen LogP contribution in [-0.2, 0) is 5.41 Å². The first-order valence-corrected chi connectivity index (χ1v) is 9.87. The summed E-state index contributed by atoms with van der Waals surface area (Å²) in [6.07, 6.45) is 0. The molecule has 0 radical (unpaired) electrons. The van der Waals surface area contributed by atoms with Gasteiger partial charge < -0.3 is 0 Å². The molecule has 138 valence electrons. The highest BCUT2D eigenvalue weighted by molar-refractivity contribution is 6.04. The molecule has 5 aromatic carbocycles. The summed E-state index contributed by atoms with van der Waals surface area (Å²) in [6.45, 7) is 6.67. The summed E-state index contributed by atoms with van der Waals surface area (Å²) in [5, 5.41) is 7.85. The maximum Gasteiger partial charge on any atom is -0.0132 e. The van der Waals surface area contributed by atoms with Gasteiger partial charge in [0, 0.05) is 0 Å². The first-order valence-electron chi connectivity index (χ1n) is 9.87. The summed E-state index contributed by atoms with van der Waals surface area (Å²) in [4.78, 5) is 0. The van der Waals surface area contributed by atoms with Crippen LogP contribution in [0.2, 0.25) is 0 Å². The van der Waals surface area contributed by atoms with Gasteiger partial charge in [-0.2, -0.15) is 0 Å². The largest absolute Gasteiger partial charge is 0.0622 e. The molecule has 0 aromatic heterocycles. The van der Waals surface area contributed by atoms with Gasteiger partial charge in [0.15, 0.2) is 0 Å². The van der Waals surface area contributed by atoms with Crippen LogP contribution in [0.4, 0.5) is 0 Å². The summed E-state index contributed by atoms with van der Waals surface area (Å²) >= 11 is 0. The standard InChI is InChI=1S/C18H12.C10H14/c1-2-6-14-10-18-12-16-8-4-3-7-15(16)11-17(18)9-13(14)5-1;1-10(2,3)9-7-5-4-6-8-9/h1-12H;4-8H,1-3H3. The highest BCUT2D eigenvalue weighted by Gasteiger charge is 2.11. The van der Waals surface area contributed by atoms with E-state index in [0.717, 1.165) is 0 Å². The minimum absolute atomic E-state index is 0.293. The second kappa shape index (κ2) is 7.48. The Labute approximate surface area is 167 Å². The molecule has 5 aromatic rings. The van der Waals surface area contributed by atoms with Crippen molar-refractivity contribution < 1.29 is 0 Å². The first kappa shape index (κ1) is 18.3. The molecule has 0 aliphatic rings. The zero-order valence-corrected chi connectivity index (χ0v) is 16.8. The lowest BCUT2D eigenvalue weighted by Gasteiger charge is -2.18. The van der Waals surface area contributed by atoms with E-state index in [9.17, 15) is 0 Å². The van der Waals surface area contributed by atoms with Crippen molar-refractivity contribution in [3.8, 4) is 0 Å². The van der Waals surface area contributed by atoms with Crippen molar-refractivity contribution in [2.45, 2.75) is 26.2 Å². The fraction of sp³-hybridized carbons (Fsp3) is 0.143. The van der Waals surface area contributed by atoms with E-state index in [1.54, 1.807) is 0 Å². The molecular formula is C28H26. The lowest BCUT2D eigenvalue weighted by atomic mass is 9.87. The van der Waals surface area contributed by atoms with Gasteiger partial charge in [0.1, 0.15) is 0 Å². The Hall–Kier alpha value is -3.12. The van der Waals surface area contributed by atoms with Crippen LogP contribution in [0.3, 0.4) is 0 Å². The van der Waals surface area contributed by atoms with Gasteiger partial charge in [0.05, 0.1) is 0 Å². The number of fused-ring (bicyclic) bond motifs is 3. The Morgan fingerprint density at radius 1 is 0.393 bits per heavy atom. The van der Waals surface area contributed by atoms with Crippen LogP contribution >= 0.6 is 0 Å². The van der Waals surface area contributed by atoms with Crippen molar-refractivity contribution in [3.63, 3.8) is 0 Å². The quantitative estimate of drug-likeness (QED) is 0.244. The van der Waals surface area contributed by atoms with E-state index >= 15 is 0 Å². The van der Waals surface area contributed by atoms with Crippen LogP contribution in [0.5, 0.6) is 0 Å².